The third-order valence-corrected chi connectivity index (χ3v) is 4.89. The molecule has 2 heteroatoms. The molecule has 0 bridgehead atoms. The first-order valence-electron chi connectivity index (χ1n) is 7.54. The highest BCUT2D eigenvalue weighted by atomic mass is 16.1. The van der Waals surface area contributed by atoms with Crippen molar-refractivity contribution in [1.29, 1.82) is 0 Å². The molecule has 2 saturated heterocycles. The molecule has 98 valence electrons. The van der Waals surface area contributed by atoms with E-state index in [4.69, 9.17) is 0 Å². The molecule has 0 aliphatic carbocycles. The van der Waals surface area contributed by atoms with Crippen LogP contribution in [-0.4, -0.2) is 29.3 Å². The topological polar surface area (TPSA) is 20.3 Å². The Hall–Kier alpha value is -0.370. The summed E-state index contributed by atoms with van der Waals surface area (Å²) in [6, 6.07) is 1.12. The van der Waals surface area contributed by atoms with Gasteiger partial charge in [0, 0.05) is 23.9 Å². The summed E-state index contributed by atoms with van der Waals surface area (Å²) in [6.07, 6.45) is 7.02. The zero-order chi connectivity index (χ0) is 12.4. The van der Waals surface area contributed by atoms with Gasteiger partial charge < -0.3 is 0 Å². The highest BCUT2D eigenvalue weighted by Gasteiger charge is 2.47. The zero-order valence-electron chi connectivity index (χ0n) is 11.6. The molecule has 2 rings (SSSR count). The van der Waals surface area contributed by atoms with Crippen molar-refractivity contribution in [1.82, 2.24) is 4.90 Å². The van der Waals surface area contributed by atoms with Crippen molar-refractivity contribution in [2.75, 3.05) is 6.54 Å². The van der Waals surface area contributed by atoms with Gasteiger partial charge in [-0.2, -0.15) is 0 Å². The average Bonchev–Trinajstić information content (AvgIpc) is 2.79. The lowest BCUT2D eigenvalue weighted by Gasteiger charge is -2.46. The van der Waals surface area contributed by atoms with E-state index in [0.717, 1.165) is 12.8 Å². The quantitative estimate of drug-likeness (QED) is 0.748. The normalized spacial score (nSPS) is 38.4. The second-order valence-electron chi connectivity index (χ2n) is 5.74. The summed E-state index contributed by atoms with van der Waals surface area (Å²) in [4.78, 5) is 15.3. The van der Waals surface area contributed by atoms with Gasteiger partial charge in [0.2, 0.25) is 0 Å². The molecule has 0 unspecified atom stereocenters. The van der Waals surface area contributed by atoms with Crippen LogP contribution in [0, 0.1) is 11.8 Å². The first-order valence-corrected chi connectivity index (χ1v) is 7.54. The highest BCUT2D eigenvalue weighted by Crippen LogP contribution is 2.40. The van der Waals surface area contributed by atoms with Crippen LogP contribution in [0.1, 0.15) is 59.3 Å². The van der Waals surface area contributed by atoms with Gasteiger partial charge in [-0.05, 0) is 38.6 Å². The van der Waals surface area contributed by atoms with Gasteiger partial charge in [-0.3, -0.25) is 9.69 Å². The van der Waals surface area contributed by atoms with Crippen LogP contribution in [0.5, 0.6) is 0 Å². The van der Waals surface area contributed by atoms with Gasteiger partial charge in [0.05, 0.1) is 0 Å². The van der Waals surface area contributed by atoms with Crippen LogP contribution in [0.2, 0.25) is 0 Å². The fourth-order valence-corrected chi connectivity index (χ4v) is 4.15. The van der Waals surface area contributed by atoms with E-state index in [1.165, 1.54) is 32.2 Å². The number of piperidine rings is 1. The van der Waals surface area contributed by atoms with Crippen molar-refractivity contribution in [3.8, 4) is 0 Å². The molecule has 0 amide bonds. The average molecular weight is 237 g/mol. The minimum absolute atomic E-state index is 0.314. The van der Waals surface area contributed by atoms with Crippen LogP contribution in [0.15, 0.2) is 0 Å². The molecule has 2 nitrogen and oxygen atoms in total. The summed E-state index contributed by atoms with van der Waals surface area (Å²) >= 11 is 0. The van der Waals surface area contributed by atoms with E-state index in [1.807, 2.05) is 0 Å². The van der Waals surface area contributed by atoms with E-state index in [-0.39, 0.29) is 0 Å². The van der Waals surface area contributed by atoms with Crippen LogP contribution in [0.4, 0.5) is 0 Å². The second-order valence-corrected chi connectivity index (χ2v) is 5.74. The fourth-order valence-electron chi connectivity index (χ4n) is 4.15. The number of hydrogen-bond acceptors (Lipinski definition) is 2. The van der Waals surface area contributed by atoms with Gasteiger partial charge in [0.25, 0.3) is 0 Å². The predicted octanol–water partition coefficient (Wildman–Crippen LogP) is 3.25. The Balaban J connectivity index is 2.23. The van der Waals surface area contributed by atoms with Gasteiger partial charge in [0.1, 0.15) is 5.78 Å². The number of fused-ring (bicyclic) bond motifs is 1. The third kappa shape index (κ3) is 2.16. The Morgan fingerprint density at radius 1 is 1.18 bits per heavy atom. The minimum atomic E-state index is 0.314. The van der Waals surface area contributed by atoms with Crippen molar-refractivity contribution < 1.29 is 4.79 Å². The molecule has 17 heavy (non-hydrogen) atoms. The molecular weight excluding hydrogens is 210 g/mol. The summed E-state index contributed by atoms with van der Waals surface area (Å²) in [7, 11) is 0. The minimum Gasteiger partial charge on any atom is -0.299 e. The summed E-state index contributed by atoms with van der Waals surface area (Å²) in [6.45, 7) is 7.85. The zero-order valence-corrected chi connectivity index (χ0v) is 11.6. The Bertz CT molecular complexity index is 276. The molecule has 2 aliphatic heterocycles. The Labute approximate surface area is 106 Å². The van der Waals surface area contributed by atoms with E-state index in [2.05, 4.69) is 25.7 Å². The molecule has 2 aliphatic rings. The van der Waals surface area contributed by atoms with E-state index in [9.17, 15) is 4.79 Å². The van der Waals surface area contributed by atoms with Gasteiger partial charge >= 0.3 is 0 Å². The van der Waals surface area contributed by atoms with Gasteiger partial charge in [0.15, 0.2) is 0 Å². The van der Waals surface area contributed by atoms with Gasteiger partial charge in [-0.25, -0.2) is 0 Å². The molecule has 0 N–H and O–H groups in total. The van der Waals surface area contributed by atoms with Crippen LogP contribution in [0.3, 0.4) is 0 Å². The lowest BCUT2D eigenvalue weighted by atomic mass is 9.74. The Kier molecular flexibility index (Phi) is 4.24. The van der Waals surface area contributed by atoms with E-state index in [0.29, 0.717) is 29.7 Å². The molecule has 2 fully saturated rings. The van der Waals surface area contributed by atoms with Crippen molar-refractivity contribution in [2.45, 2.75) is 71.4 Å². The first kappa shape index (κ1) is 13.1. The van der Waals surface area contributed by atoms with Crippen LogP contribution >= 0.6 is 0 Å². The summed E-state index contributed by atoms with van der Waals surface area (Å²) in [5.41, 5.74) is 0. The fraction of sp³-hybridized carbons (Fsp3) is 0.933. The molecule has 0 saturated carbocycles. The van der Waals surface area contributed by atoms with Crippen LogP contribution < -0.4 is 0 Å². The monoisotopic (exact) mass is 237 g/mol. The summed E-state index contributed by atoms with van der Waals surface area (Å²) in [5, 5.41) is 0. The maximum absolute atomic E-state index is 12.6. The largest absolute Gasteiger partial charge is 0.299 e. The summed E-state index contributed by atoms with van der Waals surface area (Å²) < 4.78 is 0. The van der Waals surface area contributed by atoms with Crippen LogP contribution in [0.25, 0.3) is 0 Å². The number of carbonyl (C=O) groups excluding carboxylic acids is 1. The van der Waals surface area contributed by atoms with Gasteiger partial charge in [-0.1, -0.05) is 27.2 Å². The maximum atomic E-state index is 12.6. The lowest BCUT2D eigenvalue weighted by Crippen LogP contribution is -2.56. The van der Waals surface area contributed by atoms with E-state index < -0.39 is 0 Å². The van der Waals surface area contributed by atoms with Crippen molar-refractivity contribution in [3.63, 3.8) is 0 Å². The van der Waals surface area contributed by atoms with Crippen LogP contribution in [-0.2, 0) is 4.79 Å². The molecule has 4 atom stereocenters. The molecule has 0 aromatic heterocycles. The smallest absolute Gasteiger partial charge is 0.142 e. The number of hydrogen-bond donors (Lipinski definition) is 0. The SMILES string of the molecule is CCC[C@@H]1[C@H](CC)C(=O)[C@@H](CC)[C@@H]2CCCN12. The second kappa shape index (κ2) is 5.51. The van der Waals surface area contributed by atoms with E-state index in [1.54, 1.807) is 0 Å². The maximum Gasteiger partial charge on any atom is 0.142 e. The van der Waals surface area contributed by atoms with E-state index >= 15 is 0 Å². The van der Waals surface area contributed by atoms with Gasteiger partial charge in [-0.15, -0.1) is 0 Å². The Morgan fingerprint density at radius 3 is 2.47 bits per heavy atom. The lowest BCUT2D eigenvalue weighted by molar-refractivity contribution is -0.138. The standard InChI is InChI=1S/C15H27NO/c1-4-8-13-11(5-2)15(17)12(6-3)14-9-7-10-16(13)14/h11-14H,4-10H2,1-3H3/t11-,12-,13+,14-/m0/s1. The molecular formula is C15H27NO. The molecule has 0 aromatic rings. The van der Waals surface area contributed by atoms with Crippen molar-refractivity contribution >= 4 is 5.78 Å². The highest BCUT2D eigenvalue weighted by molar-refractivity contribution is 5.85. The van der Waals surface area contributed by atoms with Crippen molar-refractivity contribution in [3.05, 3.63) is 0 Å². The molecule has 0 radical (unpaired) electrons. The molecule has 2 heterocycles. The number of nitrogens with zero attached hydrogens (tertiary/aromatic N) is 1. The summed E-state index contributed by atoms with van der Waals surface area (Å²) in [5.74, 6) is 1.22. The first-order chi connectivity index (χ1) is 8.24. The number of ketones is 1. The van der Waals surface area contributed by atoms with Crippen molar-refractivity contribution in [2.24, 2.45) is 11.8 Å². The molecule has 0 aromatic carbocycles. The Morgan fingerprint density at radius 2 is 1.88 bits per heavy atom. The number of Topliss-reactive ketones (excluding diaryl/α,β-unsaturated/α-hetero) is 1. The number of carbonyl (C=O) groups is 1. The molecule has 0 spiro atoms. The predicted molar refractivity (Wildman–Crippen MR) is 71.0 cm³/mol. The third-order valence-electron chi connectivity index (χ3n) is 4.89. The number of rotatable bonds is 4.